The molecule has 76 valence electrons. The molecule has 0 bridgehead atoms. The van der Waals surface area contributed by atoms with Gasteiger partial charge >= 0.3 is 5.97 Å². The van der Waals surface area contributed by atoms with E-state index in [-0.39, 0.29) is 28.7 Å². The molecule has 0 amide bonds. The SMILES string of the molecule is C[C@@H]1C[C@@H](S[C@H](C)[C@@H](C)O)C(=O)O1. The van der Waals surface area contributed by atoms with Gasteiger partial charge in [0.25, 0.3) is 0 Å². The van der Waals surface area contributed by atoms with Gasteiger partial charge in [0.05, 0.1) is 6.10 Å². The van der Waals surface area contributed by atoms with Crippen molar-refractivity contribution in [1.29, 1.82) is 0 Å². The highest BCUT2D eigenvalue weighted by Gasteiger charge is 2.34. The molecule has 13 heavy (non-hydrogen) atoms. The summed E-state index contributed by atoms with van der Waals surface area (Å²) in [6, 6.07) is 0. The average molecular weight is 204 g/mol. The number of aliphatic hydroxyl groups is 1. The molecule has 0 unspecified atom stereocenters. The number of hydrogen-bond donors (Lipinski definition) is 1. The van der Waals surface area contributed by atoms with Crippen molar-refractivity contribution in [2.45, 2.75) is 49.9 Å². The van der Waals surface area contributed by atoms with Crippen molar-refractivity contribution in [3.8, 4) is 0 Å². The van der Waals surface area contributed by atoms with Crippen LogP contribution in [0.1, 0.15) is 27.2 Å². The molecule has 0 aliphatic carbocycles. The fourth-order valence-electron chi connectivity index (χ4n) is 1.20. The van der Waals surface area contributed by atoms with Gasteiger partial charge in [-0.05, 0) is 13.8 Å². The third kappa shape index (κ3) is 2.88. The second-order valence-electron chi connectivity index (χ2n) is 3.55. The first-order valence-electron chi connectivity index (χ1n) is 4.54. The summed E-state index contributed by atoms with van der Waals surface area (Å²) in [5.41, 5.74) is 0. The molecule has 1 aliphatic heterocycles. The van der Waals surface area contributed by atoms with Gasteiger partial charge in [0.2, 0.25) is 0 Å². The van der Waals surface area contributed by atoms with Crippen LogP contribution in [0.15, 0.2) is 0 Å². The van der Waals surface area contributed by atoms with Crippen LogP contribution in [0.3, 0.4) is 0 Å². The molecule has 1 fully saturated rings. The molecule has 0 spiro atoms. The molecule has 1 heterocycles. The standard InChI is InChI=1S/C9H16O3S/c1-5-4-8(9(11)12-5)13-7(3)6(2)10/h5-8,10H,4H2,1-3H3/t5-,6-,7-,8-/m1/s1. The lowest BCUT2D eigenvalue weighted by atomic mass is 10.2. The highest BCUT2D eigenvalue weighted by atomic mass is 32.2. The second kappa shape index (κ2) is 4.33. The average Bonchev–Trinajstić information content (AvgIpc) is 2.30. The van der Waals surface area contributed by atoms with E-state index in [2.05, 4.69) is 0 Å². The van der Waals surface area contributed by atoms with Crippen LogP contribution in [-0.2, 0) is 9.53 Å². The molecule has 1 rings (SSSR count). The molecule has 3 nitrogen and oxygen atoms in total. The highest BCUT2D eigenvalue weighted by molar-refractivity contribution is 8.01. The van der Waals surface area contributed by atoms with E-state index < -0.39 is 0 Å². The molecular formula is C9H16O3S. The van der Waals surface area contributed by atoms with Crippen molar-refractivity contribution in [2.75, 3.05) is 0 Å². The summed E-state index contributed by atoms with van der Waals surface area (Å²) in [5.74, 6) is -0.134. The van der Waals surface area contributed by atoms with Gasteiger partial charge in [0, 0.05) is 11.7 Å². The Hall–Kier alpha value is -0.220. The Morgan fingerprint density at radius 3 is 2.62 bits per heavy atom. The Labute approximate surface area is 82.8 Å². The Kier molecular flexibility index (Phi) is 3.62. The van der Waals surface area contributed by atoms with Crippen LogP contribution in [0, 0.1) is 0 Å². The molecule has 4 atom stereocenters. The number of rotatable bonds is 3. The van der Waals surface area contributed by atoms with Crippen LogP contribution >= 0.6 is 11.8 Å². The van der Waals surface area contributed by atoms with Crippen LogP contribution < -0.4 is 0 Å². The number of hydrogen-bond acceptors (Lipinski definition) is 4. The molecule has 0 aromatic heterocycles. The molecule has 1 aliphatic rings. The van der Waals surface area contributed by atoms with Gasteiger partial charge in [-0.25, -0.2) is 0 Å². The van der Waals surface area contributed by atoms with Crippen LogP contribution in [0.4, 0.5) is 0 Å². The molecule has 0 aromatic rings. The predicted octanol–water partition coefficient (Wildman–Crippen LogP) is 1.19. The monoisotopic (exact) mass is 204 g/mol. The van der Waals surface area contributed by atoms with E-state index in [4.69, 9.17) is 4.74 Å². The normalized spacial score (nSPS) is 32.8. The van der Waals surface area contributed by atoms with Crippen molar-refractivity contribution < 1.29 is 14.6 Å². The zero-order chi connectivity index (χ0) is 10.0. The lowest BCUT2D eigenvalue weighted by Crippen LogP contribution is -2.21. The molecule has 0 aromatic carbocycles. The van der Waals surface area contributed by atoms with Crippen LogP contribution in [0.2, 0.25) is 0 Å². The first-order valence-corrected chi connectivity index (χ1v) is 5.49. The number of ether oxygens (including phenoxy) is 1. The zero-order valence-electron chi connectivity index (χ0n) is 8.19. The quantitative estimate of drug-likeness (QED) is 0.702. The van der Waals surface area contributed by atoms with E-state index in [0.717, 1.165) is 6.42 Å². The number of cyclic esters (lactones) is 1. The Morgan fingerprint density at radius 2 is 2.23 bits per heavy atom. The van der Waals surface area contributed by atoms with E-state index in [9.17, 15) is 9.90 Å². The van der Waals surface area contributed by atoms with E-state index in [1.165, 1.54) is 11.8 Å². The van der Waals surface area contributed by atoms with Gasteiger partial charge in [0.1, 0.15) is 11.4 Å². The Balaban J connectivity index is 2.41. The minimum absolute atomic E-state index is 0.0335. The van der Waals surface area contributed by atoms with Crippen molar-refractivity contribution in [3.63, 3.8) is 0 Å². The number of aliphatic hydroxyl groups excluding tert-OH is 1. The van der Waals surface area contributed by atoms with E-state index >= 15 is 0 Å². The van der Waals surface area contributed by atoms with Crippen LogP contribution in [-0.4, -0.2) is 33.8 Å². The third-order valence-corrected chi connectivity index (χ3v) is 3.72. The van der Waals surface area contributed by atoms with Gasteiger partial charge in [-0.1, -0.05) is 6.92 Å². The maximum absolute atomic E-state index is 11.2. The van der Waals surface area contributed by atoms with Gasteiger partial charge in [-0.15, -0.1) is 11.8 Å². The third-order valence-electron chi connectivity index (χ3n) is 2.18. The van der Waals surface area contributed by atoms with Crippen molar-refractivity contribution in [3.05, 3.63) is 0 Å². The smallest absolute Gasteiger partial charge is 0.319 e. The number of carbonyl (C=O) groups is 1. The minimum atomic E-state index is -0.381. The summed E-state index contributed by atoms with van der Waals surface area (Å²) < 4.78 is 5.01. The lowest BCUT2D eigenvalue weighted by molar-refractivity contribution is -0.140. The Bertz CT molecular complexity index is 193. The van der Waals surface area contributed by atoms with Gasteiger partial charge in [0.15, 0.2) is 0 Å². The number of carbonyl (C=O) groups excluding carboxylic acids is 1. The molecular weight excluding hydrogens is 188 g/mol. The zero-order valence-corrected chi connectivity index (χ0v) is 9.00. The summed E-state index contributed by atoms with van der Waals surface area (Å²) in [5, 5.41) is 9.26. The summed E-state index contributed by atoms with van der Waals surface area (Å²) >= 11 is 1.50. The van der Waals surface area contributed by atoms with Crippen molar-refractivity contribution in [1.82, 2.24) is 0 Å². The largest absolute Gasteiger partial charge is 0.462 e. The first kappa shape index (κ1) is 10.9. The summed E-state index contributed by atoms with van der Waals surface area (Å²) in [6.45, 7) is 5.55. The topological polar surface area (TPSA) is 46.5 Å². The molecule has 0 radical (unpaired) electrons. The van der Waals surface area contributed by atoms with Gasteiger partial charge in [-0.3, -0.25) is 4.79 Å². The molecule has 4 heteroatoms. The Morgan fingerprint density at radius 1 is 1.62 bits per heavy atom. The van der Waals surface area contributed by atoms with Crippen LogP contribution in [0.5, 0.6) is 0 Å². The summed E-state index contributed by atoms with van der Waals surface area (Å²) in [7, 11) is 0. The maximum atomic E-state index is 11.2. The predicted molar refractivity (Wildman–Crippen MR) is 52.7 cm³/mol. The lowest BCUT2D eigenvalue weighted by Gasteiger charge is -2.16. The summed E-state index contributed by atoms with van der Waals surface area (Å²) in [4.78, 5) is 11.2. The summed E-state index contributed by atoms with van der Waals surface area (Å²) in [6.07, 6.45) is 0.417. The molecule has 1 N–H and O–H groups in total. The van der Waals surface area contributed by atoms with Crippen molar-refractivity contribution in [2.24, 2.45) is 0 Å². The van der Waals surface area contributed by atoms with Crippen molar-refractivity contribution >= 4 is 17.7 Å². The fraction of sp³-hybridized carbons (Fsp3) is 0.889. The van der Waals surface area contributed by atoms with E-state index in [1.54, 1.807) is 6.92 Å². The first-order chi connectivity index (χ1) is 6.00. The molecule has 0 saturated carbocycles. The fourth-order valence-corrected chi connectivity index (χ4v) is 2.50. The van der Waals surface area contributed by atoms with E-state index in [0.29, 0.717) is 0 Å². The molecule has 1 saturated heterocycles. The second-order valence-corrected chi connectivity index (χ2v) is 5.14. The highest BCUT2D eigenvalue weighted by Crippen LogP contribution is 2.30. The number of esters is 1. The minimum Gasteiger partial charge on any atom is -0.462 e. The van der Waals surface area contributed by atoms with Crippen LogP contribution in [0.25, 0.3) is 0 Å². The maximum Gasteiger partial charge on any atom is 0.319 e. The van der Waals surface area contributed by atoms with E-state index in [1.807, 2.05) is 13.8 Å². The number of thioether (sulfide) groups is 1. The van der Waals surface area contributed by atoms with Gasteiger partial charge in [-0.2, -0.15) is 0 Å². The van der Waals surface area contributed by atoms with Gasteiger partial charge < -0.3 is 9.84 Å².